The van der Waals surface area contributed by atoms with Gasteiger partial charge in [-0.3, -0.25) is 8.37 Å². The molecule has 0 aromatic rings. The molecule has 0 amide bonds. The van der Waals surface area contributed by atoms with Gasteiger partial charge in [-0.25, -0.2) is 16.8 Å². The quantitative estimate of drug-likeness (QED) is 0.0603. The molecular weight excluding hydrogens is 1140 g/mol. The van der Waals surface area contributed by atoms with Crippen molar-refractivity contribution in [3.05, 3.63) is 37.0 Å². The van der Waals surface area contributed by atoms with E-state index in [4.69, 9.17) is 56.3 Å². The van der Waals surface area contributed by atoms with Crippen LogP contribution in [0.5, 0.6) is 0 Å². The number of aliphatic hydroxyl groups is 4. The Morgan fingerprint density at radius 3 is 1.91 bits per heavy atom. The van der Waals surface area contributed by atoms with Gasteiger partial charge in [-0.05, 0) is 84.6 Å². The van der Waals surface area contributed by atoms with E-state index >= 15 is 0 Å². The summed E-state index contributed by atoms with van der Waals surface area (Å²) >= 11 is 0. The standard InChI is InChI=1S/C55H84O23S2.2Na/c1-9-12-55(59,27-56)14-10-13-50(4,58)49-28(2)18-38-37(73-49)24-45-54(8,76-38)48(57)47-41(72-45)22-40-46(74-47)29(3)26-53(7)43(71-40)25-42-52(6,78-53)15-11-30-31(70-42)19-33-32(67-30)20-34-35(68-33)21-39-36(69-34)23-44(77-80(63,64)65)51(5,75-39)16-17-66-79(60,61)62;;/h9-10,14,29-49,56-59H,1-2,11-13,15-27H2,3-8H3,(H,60,61,62)(H,63,64,65);;/q;2*+1/p-2/b14-10+;;/t29-,30-,31+,32+,33-,34-,35+,36+,37+,38-,39-,40-,41+,42-,43+,44-,45-,46+,47+,48+,49-,50+,51+,52+,53-,54-,55?;;/m0../s1. The van der Waals surface area contributed by atoms with Crippen molar-refractivity contribution in [1.29, 1.82) is 0 Å². The average Bonchev–Trinajstić information content (AvgIpc) is 3.69. The zero-order chi connectivity index (χ0) is 57.3. The van der Waals surface area contributed by atoms with Crippen LogP contribution in [0.4, 0.5) is 0 Å². The van der Waals surface area contributed by atoms with E-state index in [0.29, 0.717) is 69.8 Å². The van der Waals surface area contributed by atoms with Crippen LogP contribution in [0.15, 0.2) is 37.0 Å². The van der Waals surface area contributed by atoms with Crippen molar-refractivity contribution in [2.24, 2.45) is 5.92 Å². The van der Waals surface area contributed by atoms with Crippen molar-refractivity contribution in [2.45, 2.75) is 287 Å². The Labute approximate surface area is 525 Å². The van der Waals surface area contributed by atoms with E-state index in [9.17, 15) is 46.4 Å². The van der Waals surface area contributed by atoms with Gasteiger partial charge in [0, 0.05) is 51.4 Å². The van der Waals surface area contributed by atoms with Gasteiger partial charge in [0.1, 0.15) is 35.6 Å². The average molecular weight is 1220 g/mol. The zero-order valence-electron chi connectivity index (χ0n) is 48.4. The fourth-order valence-electron chi connectivity index (χ4n) is 15.8. The molecule has 0 bridgehead atoms. The summed E-state index contributed by atoms with van der Waals surface area (Å²) in [6.07, 6.45) is -1.44. The van der Waals surface area contributed by atoms with Crippen molar-refractivity contribution in [1.82, 2.24) is 0 Å². The molecule has 454 valence electrons. The fourth-order valence-corrected chi connectivity index (χ4v) is 16.6. The Kier molecular flexibility index (Phi) is 20.0. The molecule has 0 saturated carbocycles. The molecule has 1 unspecified atom stereocenters. The van der Waals surface area contributed by atoms with E-state index in [-0.39, 0.29) is 133 Å². The maximum Gasteiger partial charge on any atom is 1.00 e. The molecule has 0 aromatic carbocycles. The second-order valence-corrected chi connectivity index (χ2v) is 28.2. The van der Waals surface area contributed by atoms with Gasteiger partial charge in [0.15, 0.2) is 0 Å². The van der Waals surface area contributed by atoms with Gasteiger partial charge in [0.25, 0.3) is 0 Å². The smallest absolute Gasteiger partial charge is 0.726 e. The van der Waals surface area contributed by atoms with Crippen LogP contribution in [0, 0.1) is 5.92 Å². The molecule has 11 rings (SSSR count). The predicted octanol–water partition coefficient (Wildman–Crippen LogP) is -3.45. The topological polar surface area (TPSA) is 315 Å². The Morgan fingerprint density at radius 2 is 1.27 bits per heavy atom. The third kappa shape index (κ3) is 13.3. The van der Waals surface area contributed by atoms with E-state index in [2.05, 4.69) is 38.1 Å². The van der Waals surface area contributed by atoms with E-state index in [1.165, 1.54) is 19.1 Å². The molecule has 23 nitrogen and oxygen atoms in total. The van der Waals surface area contributed by atoms with Crippen LogP contribution in [0.25, 0.3) is 0 Å². The first-order valence-electron chi connectivity index (χ1n) is 28.7. The molecule has 11 heterocycles. The fraction of sp³-hybridized carbons (Fsp3) is 0.891. The van der Waals surface area contributed by atoms with Crippen LogP contribution in [0.3, 0.4) is 0 Å². The summed E-state index contributed by atoms with van der Waals surface area (Å²) < 4.78 is 154. The first-order valence-corrected chi connectivity index (χ1v) is 31.3. The summed E-state index contributed by atoms with van der Waals surface area (Å²) in [4.78, 5) is 0. The number of fused-ring (bicyclic) bond motifs is 10. The summed E-state index contributed by atoms with van der Waals surface area (Å²) in [5, 5.41) is 44.5. The number of rotatable bonds is 13. The Morgan fingerprint density at radius 1 is 0.695 bits per heavy atom. The van der Waals surface area contributed by atoms with Crippen LogP contribution >= 0.6 is 0 Å². The van der Waals surface area contributed by atoms with Gasteiger partial charge in [0.05, 0.1) is 133 Å². The van der Waals surface area contributed by atoms with Crippen LogP contribution in [-0.2, 0) is 81.3 Å². The normalized spacial score (nSPS) is 49.5. The van der Waals surface area contributed by atoms with Gasteiger partial charge >= 0.3 is 59.1 Å². The molecule has 0 aliphatic carbocycles. The summed E-state index contributed by atoms with van der Waals surface area (Å²) in [6.45, 7) is 18.2. The Bertz CT molecular complexity index is 2580. The molecule has 0 aromatic heterocycles. The molecule has 27 heteroatoms. The monoisotopic (exact) mass is 1220 g/mol. The van der Waals surface area contributed by atoms with Crippen LogP contribution in [0.2, 0.25) is 0 Å². The third-order valence-electron chi connectivity index (χ3n) is 20.0. The number of hydrogen-bond acceptors (Lipinski definition) is 23. The van der Waals surface area contributed by atoms with Gasteiger partial charge in [-0.15, -0.1) is 6.58 Å². The second-order valence-electron chi connectivity index (χ2n) is 26.2. The Balaban J connectivity index is 0.00000405. The molecule has 11 aliphatic rings. The second kappa shape index (κ2) is 24.5. The molecule has 27 atom stereocenters. The summed E-state index contributed by atoms with van der Waals surface area (Å²) in [5.41, 5.74) is -6.37. The molecule has 11 fully saturated rings. The number of hydrogen-bond donors (Lipinski definition) is 4. The van der Waals surface area contributed by atoms with Gasteiger partial charge in [-0.1, -0.05) is 31.7 Å². The summed E-state index contributed by atoms with van der Waals surface area (Å²) in [6, 6.07) is 0. The maximum absolute atomic E-state index is 12.3. The molecule has 0 spiro atoms. The van der Waals surface area contributed by atoms with Crippen LogP contribution in [0.1, 0.15) is 131 Å². The first-order chi connectivity index (χ1) is 37.4. The maximum atomic E-state index is 12.3. The number of aliphatic hydroxyl groups excluding tert-OH is 2. The van der Waals surface area contributed by atoms with Gasteiger partial charge < -0.3 is 81.6 Å². The molecule has 82 heavy (non-hydrogen) atoms. The van der Waals surface area contributed by atoms with E-state index < -0.39 is 147 Å². The van der Waals surface area contributed by atoms with Crippen molar-refractivity contribution >= 4 is 20.8 Å². The molecule has 4 N–H and O–H groups in total. The van der Waals surface area contributed by atoms with Crippen LogP contribution in [-0.4, -0.2) is 215 Å². The SMILES string of the molecule is C=CCC(O)(/C=C/C[C@@](C)(O)[C@H]1O[C@@H]2C[C@@H]3O[C@@H]4C[C@@H]5O[C@@H]6C[C@@H]7O[C@@H]8C[C@@H]9O[C@@H]%10C[C@@H]%11O[C@](C)(CCOS(=O)(=O)[O-])[C@@H](OS(=O)(=O)[O-])C[C@H]%11O[C@H]%10C[C@H]9O[C@H]8CC[C@@]7(C)O[C@@]6(C)C[C@H](C)[C@H]5O[C@H]4[C@@H](O)[C@@]3(C)O[C@H]2CC1=C)CO.[Na+].[Na+]. The van der Waals surface area contributed by atoms with Crippen LogP contribution < -0.4 is 59.1 Å². The van der Waals surface area contributed by atoms with Gasteiger partial charge in [-0.2, -0.15) is 0 Å². The minimum absolute atomic E-state index is 0. The molecule has 0 radical (unpaired) electrons. The van der Waals surface area contributed by atoms with Crippen molar-refractivity contribution < 1.29 is 166 Å². The van der Waals surface area contributed by atoms with E-state index in [1.54, 1.807) is 13.0 Å². The van der Waals surface area contributed by atoms with Crippen molar-refractivity contribution in [2.75, 3.05) is 13.2 Å². The number of ether oxygens (including phenoxy) is 11. The molecule has 11 aliphatic heterocycles. The summed E-state index contributed by atoms with van der Waals surface area (Å²) in [5.74, 6) is -0.0408. The largest absolute Gasteiger partial charge is 1.00 e. The zero-order valence-corrected chi connectivity index (χ0v) is 54.1. The minimum Gasteiger partial charge on any atom is -0.726 e. The van der Waals surface area contributed by atoms with E-state index in [0.717, 1.165) is 0 Å². The molecule has 11 saturated heterocycles. The third-order valence-corrected chi connectivity index (χ3v) is 20.9. The van der Waals surface area contributed by atoms with Crippen molar-refractivity contribution in [3.63, 3.8) is 0 Å². The molecular formula is C55H82Na2O23S2. The summed E-state index contributed by atoms with van der Waals surface area (Å²) in [7, 11) is -10.3. The van der Waals surface area contributed by atoms with E-state index in [1.807, 2.05) is 6.92 Å². The Hall–Kier alpha value is 0.360. The van der Waals surface area contributed by atoms with Gasteiger partial charge in [0.2, 0.25) is 20.8 Å². The van der Waals surface area contributed by atoms with Crippen molar-refractivity contribution in [3.8, 4) is 0 Å². The minimum atomic E-state index is -5.22. The predicted molar refractivity (Wildman–Crippen MR) is 275 cm³/mol. The first kappa shape index (κ1) is 66.8.